The van der Waals surface area contributed by atoms with E-state index in [-0.39, 0.29) is 24.0 Å². The Bertz CT molecular complexity index is 975. The van der Waals surface area contributed by atoms with Gasteiger partial charge in [0.2, 0.25) is 0 Å². The molecule has 2 aromatic rings. The average Bonchev–Trinajstić information content (AvgIpc) is 3.05. The van der Waals surface area contributed by atoms with Crippen LogP contribution in [0.4, 0.5) is 11.5 Å². The highest BCUT2D eigenvalue weighted by Crippen LogP contribution is 2.35. The molecule has 1 amide bonds. The maximum atomic E-state index is 12.2. The van der Waals surface area contributed by atoms with E-state index in [2.05, 4.69) is 16.8 Å². The number of hydrogen-bond donors (Lipinski definition) is 3. The third-order valence-electron chi connectivity index (χ3n) is 5.33. The van der Waals surface area contributed by atoms with Crippen LogP contribution in [0.3, 0.4) is 0 Å². The molecule has 30 heavy (non-hydrogen) atoms. The van der Waals surface area contributed by atoms with Crippen LogP contribution < -0.4 is 16.2 Å². The maximum absolute atomic E-state index is 12.2. The zero-order valence-corrected chi connectivity index (χ0v) is 18.3. The number of ether oxygens (including phenoxy) is 1. The molecule has 0 spiro atoms. The summed E-state index contributed by atoms with van der Waals surface area (Å²) in [5.41, 5.74) is 14.0. The number of primary amides is 1. The number of nitrogen functional groups attached to an aromatic ring is 1. The highest BCUT2D eigenvalue weighted by Gasteiger charge is 2.31. The predicted molar refractivity (Wildman–Crippen MR) is 121 cm³/mol. The molecule has 162 valence electrons. The van der Waals surface area contributed by atoms with Crippen LogP contribution in [0.25, 0.3) is 11.6 Å². The van der Waals surface area contributed by atoms with Gasteiger partial charge in [-0.15, -0.1) is 0 Å². The van der Waals surface area contributed by atoms with Gasteiger partial charge in [-0.25, -0.2) is 4.68 Å². The number of anilines is 1. The number of aliphatic hydroxyl groups excluding tert-OH is 1. The first-order valence-corrected chi connectivity index (χ1v) is 9.78. The number of nitrogens with two attached hydrogens (primary N) is 2. The Kier molecular flexibility index (Phi) is 7.04. The SMILES string of the molecule is C=Nc1cc(OCC)ccc1/C=C(\C)c1nn(C(C)C(C)(C)CO)c(N)c1C(N)=O. The minimum absolute atomic E-state index is 0.0654. The van der Waals surface area contributed by atoms with Crippen LogP contribution in [0.5, 0.6) is 5.75 Å². The van der Waals surface area contributed by atoms with E-state index in [9.17, 15) is 9.90 Å². The number of rotatable bonds is 9. The Hall–Kier alpha value is -3.13. The summed E-state index contributed by atoms with van der Waals surface area (Å²) in [5, 5.41) is 14.3. The van der Waals surface area contributed by atoms with Crippen molar-refractivity contribution in [1.82, 2.24) is 9.78 Å². The number of aliphatic hydroxyl groups is 1. The standard InChI is InChI=1S/C22H31N5O3/c1-7-30-16-9-8-15(17(11-16)25-6)10-13(2)19-18(21(24)29)20(23)27(26-19)14(3)22(4,5)12-28/h8-11,14,28H,6-7,12,23H2,1-5H3,(H2,24,29)/b13-10+. The summed E-state index contributed by atoms with van der Waals surface area (Å²) in [4.78, 5) is 16.2. The first-order chi connectivity index (χ1) is 14.1. The topological polar surface area (TPSA) is 129 Å². The molecule has 8 heteroatoms. The van der Waals surface area contributed by atoms with Crippen LogP contribution in [0.15, 0.2) is 23.2 Å². The lowest BCUT2D eigenvalue weighted by atomic mass is 9.86. The van der Waals surface area contributed by atoms with Crippen molar-refractivity contribution < 1.29 is 14.6 Å². The summed E-state index contributed by atoms with van der Waals surface area (Å²) in [6, 6.07) is 5.23. The van der Waals surface area contributed by atoms with Crippen molar-refractivity contribution >= 4 is 35.8 Å². The number of benzene rings is 1. The molecule has 5 N–H and O–H groups in total. The third kappa shape index (κ3) is 4.54. The molecule has 1 heterocycles. The second-order valence-electron chi connectivity index (χ2n) is 7.88. The van der Waals surface area contributed by atoms with Gasteiger partial charge in [-0.3, -0.25) is 9.79 Å². The van der Waals surface area contributed by atoms with E-state index in [4.69, 9.17) is 16.2 Å². The second-order valence-corrected chi connectivity index (χ2v) is 7.88. The largest absolute Gasteiger partial charge is 0.494 e. The van der Waals surface area contributed by atoms with E-state index < -0.39 is 11.3 Å². The summed E-state index contributed by atoms with van der Waals surface area (Å²) in [6.07, 6.45) is 1.85. The Morgan fingerprint density at radius 3 is 2.67 bits per heavy atom. The van der Waals surface area contributed by atoms with Gasteiger partial charge in [-0.05, 0) is 51.3 Å². The maximum Gasteiger partial charge on any atom is 0.254 e. The van der Waals surface area contributed by atoms with E-state index in [1.807, 2.05) is 52.8 Å². The smallest absolute Gasteiger partial charge is 0.254 e. The van der Waals surface area contributed by atoms with Gasteiger partial charge in [0.15, 0.2) is 0 Å². The fourth-order valence-corrected chi connectivity index (χ4v) is 3.07. The second kappa shape index (κ2) is 9.13. The molecule has 0 fully saturated rings. The molecule has 1 aromatic heterocycles. The number of aromatic nitrogens is 2. The fraction of sp³-hybridized carbons (Fsp3) is 0.409. The minimum Gasteiger partial charge on any atom is -0.494 e. The Labute approximate surface area is 177 Å². The van der Waals surface area contributed by atoms with Gasteiger partial charge in [0, 0.05) is 17.0 Å². The molecule has 2 rings (SSSR count). The summed E-state index contributed by atoms with van der Waals surface area (Å²) in [7, 11) is 0. The molecule has 0 aliphatic heterocycles. The van der Waals surface area contributed by atoms with Crippen LogP contribution in [0.2, 0.25) is 0 Å². The molecule has 0 saturated carbocycles. The quantitative estimate of drug-likeness (QED) is 0.542. The molecular formula is C22H31N5O3. The van der Waals surface area contributed by atoms with Crippen molar-refractivity contribution in [2.75, 3.05) is 18.9 Å². The van der Waals surface area contributed by atoms with Crippen molar-refractivity contribution in [1.29, 1.82) is 0 Å². The number of allylic oxidation sites excluding steroid dienone is 1. The van der Waals surface area contributed by atoms with Crippen molar-refractivity contribution in [3.63, 3.8) is 0 Å². The zero-order valence-electron chi connectivity index (χ0n) is 18.3. The van der Waals surface area contributed by atoms with Gasteiger partial charge < -0.3 is 21.3 Å². The molecule has 1 atom stereocenters. The predicted octanol–water partition coefficient (Wildman–Crippen LogP) is 3.44. The Morgan fingerprint density at radius 2 is 2.13 bits per heavy atom. The summed E-state index contributed by atoms with van der Waals surface area (Å²) < 4.78 is 7.06. The van der Waals surface area contributed by atoms with E-state index in [0.29, 0.717) is 29.3 Å². The molecule has 0 saturated heterocycles. The molecule has 1 aromatic carbocycles. The Morgan fingerprint density at radius 1 is 1.47 bits per heavy atom. The van der Waals surface area contributed by atoms with E-state index in [0.717, 1.165) is 5.56 Å². The molecule has 8 nitrogen and oxygen atoms in total. The normalized spacial score (nSPS) is 13.2. The lowest BCUT2D eigenvalue weighted by Crippen LogP contribution is -2.30. The van der Waals surface area contributed by atoms with Crippen molar-refractivity contribution in [2.24, 2.45) is 16.1 Å². The van der Waals surface area contributed by atoms with Gasteiger partial charge in [-0.1, -0.05) is 13.8 Å². The summed E-state index contributed by atoms with van der Waals surface area (Å²) >= 11 is 0. The first kappa shape index (κ1) is 23.2. The molecule has 0 aliphatic carbocycles. The van der Waals surface area contributed by atoms with Crippen LogP contribution in [0, 0.1) is 5.41 Å². The number of nitrogens with zero attached hydrogens (tertiary/aromatic N) is 3. The lowest BCUT2D eigenvalue weighted by Gasteiger charge is -2.30. The van der Waals surface area contributed by atoms with Crippen LogP contribution >= 0.6 is 0 Å². The van der Waals surface area contributed by atoms with Crippen molar-refractivity contribution in [3.8, 4) is 5.75 Å². The number of hydrogen-bond acceptors (Lipinski definition) is 6. The van der Waals surface area contributed by atoms with Gasteiger partial charge in [0.1, 0.15) is 22.8 Å². The molecule has 0 aliphatic rings. The average molecular weight is 414 g/mol. The first-order valence-electron chi connectivity index (χ1n) is 9.78. The number of amides is 1. The van der Waals surface area contributed by atoms with Gasteiger partial charge in [0.05, 0.1) is 24.9 Å². The molecular weight excluding hydrogens is 382 g/mol. The van der Waals surface area contributed by atoms with Crippen molar-refractivity contribution in [3.05, 3.63) is 35.0 Å². The number of carbonyl (C=O) groups is 1. The minimum atomic E-state index is -0.663. The highest BCUT2D eigenvalue weighted by molar-refractivity contribution is 6.03. The van der Waals surface area contributed by atoms with E-state index in [1.54, 1.807) is 10.7 Å². The highest BCUT2D eigenvalue weighted by atomic mass is 16.5. The zero-order chi connectivity index (χ0) is 22.6. The van der Waals surface area contributed by atoms with Crippen LogP contribution in [-0.2, 0) is 0 Å². The van der Waals surface area contributed by atoms with Crippen LogP contribution in [-0.4, -0.2) is 40.7 Å². The van der Waals surface area contributed by atoms with Crippen molar-refractivity contribution in [2.45, 2.75) is 40.7 Å². The fourth-order valence-electron chi connectivity index (χ4n) is 3.07. The third-order valence-corrected chi connectivity index (χ3v) is 5.33. The molecule has 0 radical (unpaired) electrons. The number of carbonyl (C=O) groups excluding carboxylic acids is 1. The summed E-state index contributed by atoms with van der Waals surface area (Å²) in [5.74, 6) is 0.207. The lowest BCUT2D eigenvalue weighted by molar-refractivity contribution is 0.0998. The van der Waals surface area contributed by atoms with Gasteiger partial charge >= 0.3 is 0 Å². The molecule has 0 bridgehead atoms. The van der Waals surface area contributed by atoms with Gasteiger partial charge in [-0.2, -0.15) is 5.10 Å². The number of aliphatic imine (C=N–C) groups is 1. The van der Waals surface area contributed by atoms with E-state index in [1.165, 1.54) is 0 Å². The summed E-state index contributed by atoms with van der Waals surface area (Å²) in [6.45, 7) is 13.5. The Balaban J connectivity index is 2.59. The molecule has 1 unspecified atom stereocenters. The monoisotopic (exact) mass is 413 g/mol. The van der Waals surface area contributed by atoms with Crippen LogP contribution in [0.1, 0.15) is 62.3 Å². The van der Waals surface area contributed by atoms with E-state index >= 15 is 0 Å². The van der Waals surface area contributed by atoms with Gasteiger partial charge in [0.25, 0.3) is 5.91 Å².